The summed E-state index contributed by atoms with van der Waals surface area (Å²) >= 11 is 0. The van der Waals surface area contributed by atoms with Gasteiger partial charge in [-0.05, 0) is 38.1 Å². The Labute approximate surface area is 145 Å². The molecule has 1 aromatic carbocycles. The molecule has 0 radical (unpaired) electrons. The molecule has 0 saturated heterocycles. The molecule has 0 spiro atoms. The molecule has 2 rings (SSSR count). The number of ether oxygens (including phenoxy) is 3. The summed E-state index contributed by atoms with van der Waals surface area (Å²) in [5.74, 6) is 0.124. The Morgan fingerprint density at radius 3 is 2.32 bits per heavy atom. The van der Waals surface area contributed by atoms with Gasteiger partial charge in [0.25, 0.3) is 5.91 Å². The summed E-state index contributed by atoms with van der Waals surface area (Å²) < 4.78 is 16.9. The van der Waals surface area contributed by atoms with Gasteiger partial charge in [-0.3, -0.25) is 9.48 Å². The van der Waals surface area contributed by atoms with E-state index in [0.717, 1.165) is 5.69 Å². The molecule has 1 heterocycles. The molecule has 0 fully saturated rings. The minimum atomic E-state index is -0.634. The van der Waals surface area contributed by atoms with Crippen molar-refractivity contribution in [3.05, 3.63) is 35.7 Å². The van der Waals surface area contributed by atoms with E-state index in [9.17, 15) is 9.59 Å². The van der Waals surface area contributed by atoms with Crippen LogP contribution in [-0.4, -0.2) is 42.0 Å². The van der Waals surface area contributed by atoms with Crippen molar-refractivity contribution < 1.29 is 23.8 Å². The van der Waals surface area contributed by atoms with Gasteiger partial charge in [-0.15, -0.1) is 0 Å². The number of amides is 1. The lowest BCUT2D eigenvalue weighted by Crippen LogP contribution is -2.24. The molecule has 0 unspecified atom stereocenters. The fraction of sp³-hybridized carbons (Fsp3) is 0.353. The van der Waals surface area contributed by atoms with E-state index in [1.54, 1.807) is 50.0 Å². The number of aryl methyl sites for hydroxylation is 2. The maximum atomic E-state index is 11.9. The third kappa shape index (κ3) is 4.97. The Morgan fingerprint density at radius 1 is 1.12 bits per heavy atom. The topological polar surface area (TPSA) is 91.7 Å². The third-order valence-electron chi connectivity index (χ3n) is 3.55. The molecule has 1 aromatic heterocycles. The lowest BCUT2D eigenvalue weighted by molar-refractivity contribution is -0.149. The maximum Gasteiger partial charge on any atom is 0.344 e. The predicted molar refractivity (Wildman–Crippen MR) is 90.8 cm³/mol. The number of methoxy groups -OCH3 is 1. The molecule has 1 N–H and O–H groups in total. The Hall–Kier alpha value is -3.03. The lowest BCUT2D eigenvalue weighted by Gasteiger charge is -2.08. The number of aromatic nitrogens is 2. The molecule has 0 saturated carbocycles. The summed E-state index contributed by atoms with van der Waals surface area (Å²) in [6, 6.07) is 6.78. The van der Waals surface area contributed by atoms with Crippen molar-refractivity contribution >= 4 is 17.6 Å². The smallest absolute Gasteiger partial charge is 0.344 e. The van der Waals surface area contributed by atoms with Gasteiger partial charge >= 0.3 is 5.97 Å². The van der Waals surface area contributed by atoms with Crippen LogP contribution in [0.15, 0.2) is 24.3 Å². The number of esters is 1. The quantitative estimate of drug-likeness (QED) is 0.765. The van der Waals surface area contributed by atoms with Gasteiger partial charge in [0.1, 0.15) is 11.5 Å². The van der Waals surface area contributed by atoms with Crippen molar-refractivity contribution in [2.75, 3.05) is 25.6 Å². The summed E-state index contributed by atoms with van der Waals surface area (Å²) in [4.78, 5) is 23.6. The maximum absolute atomic E-state index is 11.9. The number of hydrogen-bond donors (Lipinski definition) is 1. The van der Waals surface area contributed by atoms with Gasteiger partial charge in [-0.2, -0.15) is 5.10 Å². The lowest BCUT2D eigenvalue weighted by atomic mass is 10.3. The first-order valence-corrected chi connectivity index (χ1v) is 7.63. The van der Waals surface area contributed by atoms with Crippen molar-refractivity contribution in [1.82, 2.24) is 9.78 Å². The molecule has 134 valence electrons. The van der Waals surface area contributed by atoms with Crippen LogP contribution < -0.4 is 14.8 Å². The SMILES string of the molecule is COc1ccc(OCC(=O)OCC(=O)Nc2c(C)nn(C)c2C)cc1. The van der Waals surface area contributed by atoms with Crippen LogP contribution in [0.3, 0.4) is 0 Å². The molecule has 2 aromatic rings. The van der Waals surface area contributed by atoms with Gasteiger partial charge in [0.15, 0.2) is 13.2 Å². The first kappa shape index (κ1) is 18.3. The van der Waals surface area contributed by atoms with Crippen LogP contribution in [0.5, 0.6) is 11.5 Å². The van der Waals surface area contributed by atoms with E-state index in [1.807, 2.05) is 6.92 Å². The van der Waals surface area contributed by atoms with Gasteiger partial charge in [0.2, 0.25) is 0 Å². The Kier molecular flexibility index (Phi) is 5.99. The Morgan fingerprint density at radius 2 is 1.76 bits per heavy atom. The zero-order valence-electron chi connectivity index (χ0n) is 14.7. The van der Waals surface area contributed by atoms with E-state index in [4.69, 9.17) is 14.2 Å². The summed E-state index contributed by atoms with van der Waals surface area (Å²) in [5.41, 5.74) is 2.14. The zero-order chi connectivity index (χ0) is 18.4. The Bertz CT molecular complexity index is 752. The molecule has 0 atom stereocenters. The van der Waals surface area contributed by atoms with E-state index >= 15 is 0 Å². The highest BCUT2D eigenvalue weighted by Gasteiger charge is 2.14. The van der Waals surface area contributed by atoms with Crippen molar-refractivity contribution in [3.8, 4) is 11.5 Å². The molecule has 0 bridgehead atoms. The number of nitrogens with zero attached hydrogens (tertiary/aromatic N) is 2. The van der Waals surface area contributed by atoms with Gasteiger partial charge in [-0.1, -0.05) is 0 Å². The second kappa shape index (κ2) is 8.18. The summed E-state index contributed by atoms with van der Waals surface area (Å²) in [7, 11) is 3.35. The van der Waals surface area contributed by atoms with Crippen molar-refractivity contribution in [3.63, 3.8) is 0 Å². The highest BCUT2D eigenvalue weighted by atomic mass is 16.6. The van der Waals surface area contributed by atoms with Crippen LogP contribution in [0, 0.1) is 13.8 Å². The van der Waals surface area contributed by atoms with Crippen molar-refractivity contribution in [1.29, 1.82) is 0 Å². The summed E-state index contributed by atoms with van der Waals surface area (Å²) in [6.45, 7) is 2.95. The summed E-state index contributed by atoms with van der Waals surface area (Å²) in [5, 5.41) is 6.89. The van der Waals surface area contributed by atoms with Crippen LogP contribution in [0.2, 0.25) is 0 Å². The van der Waals surface area contributed by atoms with E-state index in [-0.39, 0.29) is 6.61 Å². The van der Waals surface area contributed by atoms with E-state index in [1.165, 1.54) is 0 Å². The molecule has 0 aliphatic carbocycles. The first-order chi connectivity index (χ1) is 11.9. The van der Waals surface area contributed by atoms with Gasteiger partial charge in [0, 0.05) is 7.05 Å². The molecule has 25 heavy (non-hydrogen) atoms. The van der Waals surface area contributed by atoms with Gasteiger partial charge < -0.3 is 19.5 Å². The number of nitrogens with one attached hydrogen (secondary N) is 1. The molecule has 8 nitrogen and oxygen atoms in total. The molecular formula is C17H21N3O5. The normalized spacial score (nSPS) is 10.2. The average Bonchev–Trinajstić information content (AvgIpc) is 2.84. The Balaban J connectivity index is 1.76. The predicted octanol–water partition coefficient (Wildman–Crippen LogP) is 1.61. The standard InChI is InChI=1S/C17H21N3O5/c1-11-17(12(2)20(3)19-11)18-15(21)9-25-16(22)10-24-14-7-5-13(23-4)6-8-14/h5-8H,9-10H2,1-4H3,(H,18,21). The molecule has 8 heteroatoms. The fourth-order valence-electron chi connectivity index (χ4n) is 2.13. The number of anilines is 1. The number of benzene rings is 1. The minimum absolute atomic E-state index is 0.287. The first-order valence-electron chi connectivity index (χ1n) is 7.63. The zero-order valence-corrected chi connectivity index (χ0v) is 14.7. The van der Waals surface area contributed by atoms with Crippen LogP contribution >= 0.6 is 0 Å². The number of rotatable bonds is 7. The average molecular weight is 347 g/mol. The highest BCUT2D eigenvalue weighted by Crippen LogP contribution is 2.18. The second-order valence-electron chi connectivity index (χ2n) is 5.34. The monoisotopic (exact) mass is 347 g/mol. The van der Waals surface area contributed by atoms with E-state index in [2.05, 4.69) is 10.4 Å². The molecule has 0 aliphatic rings. The van der Waals surface area contributed by atoms with Crippen LogP contribution in [-0.2, 0) is 21.4 Å². The minimum Gasteiger partial charge on any atom is -0.497 e. The second-order valence-corrected chi connectivity index (χ2v) is 5.34. The summed E-state index contributed by atoms with van der Waals surface area (Å²) in [6.07, 6.45) is 0. The van der Waals surface area contributed by atoms with E-state index < -0.39 is 18.5 Å². The highest BCUT2D eigenvalue weighted by molar-refractivity contribution is 5.93. The van der Waals surface area contributed by atoms with Gasteiger partial charge in [0.05, 0.1) is 24.2 Å². The van der Waals surface area contributed by atoms with Crippen LogP contribution in [0.4, 0.5) is 5.69 Å². The number of hydrogen-bond acceptors (Lipinski definition) is 6. The van der Waals surface area contributed by atoms with Crippen molar-refractivity contribution in [2.45, 2.75) is 13.8 Å². The van der Waals surface area contributed by atoms with Crippen LogP contribution in [0.25, 0.3) is 0 Å². The van der Waals surface area contributed by atoms with Crippen LogP contribution in [0.1, 0.15) is 11.4 Å². The fourth-order valence-corrected chi connectivity index (χ4v) is 2.13. The number of carbonyl (C=O) groups is 2. The largest absolute Gasteiger partial charge is 0.497 e. The van der Waals surface area contributed by atoms with E-state index in [0.29, 0.717) is 22.9 Å². The van der Waals surface area contributed by atoms with Gasteiger partial charge in [-0.25, -0.2) is 4.79 Å². The molecule has 1 amide bonds. The number of carbonyl (C=O) groups excluding carboxylic acids is 2. The molecule has 0 aliphatic heterocycles. The third-order valence-corrected chi connectivity index (χ3v) is 3.55. The molecular weight excluding hydrogens is 326 g/mol. The van der Waals surface area contributed by atoms with Crippen molar-refractivity contribution in [2.24, 2.45) is 7.05 Å².